The number of halogens is 1. The number of piperidine rings is 1. The zero-order valence-electron chi connectivity index (χ0n) is 31.3. The number of rotatable bonds is 6. The van der Waals surface area contributed by atoms with E-state index in [2.05, 4.69) is 23.1 Å². The summed E-state index contributed by atoms with van der Waals surface area (Å²) in [6, 6.07) is 37.6. The first-order valence-electron chi connectivity index (χ1n) is 20.0. The van der Waals surface area contributed by atoms with Crippen LogP contribution in [-0.2, 0) is 31.1 Å². The second-order valence-electron chi connectivity index (χ2n) is 16.4. The molecule has 4 fully saturated rings. The molecule has 57 heavy (non-hydrogen) atoms. The molecule has 3 saturated heterocycles. The molecular formula is C48H42ClN3O5. The van der Waals surface area contributed by atoms with Crippen LogP contribution in [0.15, 0.2) is 133 Å². The Bertz CT molecular complexity index is 2480. The molecule has 3 heterocycles. The zero-order chi connectivity index (χ0) is 39.0. The minimum atomic E-state index is -1.40. The van der Waals surface area contributed by atoms with Gasteiger partial charge in [-0.25, -0.2) is 4.90 Å². The van der Waals surface area contributed by atoms with E-state index in [9.17, 15) is 14.7 Å². The maximum absolute atomic E-state index is 15.6. The van der Waals surface area contributed by atoms with Crippen molar-refractivity contribution in [1.29, 1.82) is 0 Å². The van der Waals surface area contributed by atoms with Crippen molar-refractivity contribution in [3.63, 3.8) is 0 Å². The number of allylic oxidation sites excluding steroid dienone is 2. The van der Waals surface area contributed by atoms with Crippen molar-refractivity contribution >= 4 is 51.7 Å². The third kappa shape index (κ3) is 5.44. The molecule has 5 aliphatic rings. The molecule has 8 nitrogen and oxygen atoms in total. The minimum absolute atomic E-state index is 0.112. The second kappa shape index (κ2) is 13.8. The number of anilines is 1. The summed E-state index contributed by atoms with van der Waals surface area (Å²) < 4.78 is 0. The third-order valence-corrected chi connectivity index (χ3v) is 13.9. The normalized spacial score (nSPS) is 27.7. The Morgan fingerprint density at radius 2 is 1.42 bits per heavy atom. The van der Waals surface area contributed by atoms with Crippen molar-refractivity contribution in [3.8, 4) is 5.75 Å². The maximum atomic E-state index is 15.6. The van der Waals surface area contributed by atoms with E-state index in [-0.39, 0.29) is 41.8 Å². The Morgan fingerprint density at radius 1 is 0.719 bits per heavy atom. The van der Waals surface area contributed by atoms with Crippen LogP contribution in [0, 0.1) is 23.7 Å². The molecular weight excluding hydrogens is 734 g/mol. The molecule has 1 saturated carbocycles. The molecule has 9 heteroatoms. The Labute approximate surface area is 336 Å². The highest BCUT2D eigenvalue weighted by Crippen LogP contribution is 2.65. The quantitative estimate of drug-likeness (QED) is 0.139. The van der Waals surface area contributed by atoms with Gasteiger partial charge in [0.05, 0.1) is 28.9 Å². The molecule has 2 aliphatic carbocycles. The summed E-state index contributed by atoms with van der Waals surface area (Å²) in [4.78, 5) is 65.5. The molecule has 0 spiro atoms. The maximum Gasteiger partial charge on any atom is 0.246 e. The summed E-state index contributed by atoms with van der Waals surface area (Å²) in [5, 5.41) is 12.9. The molecule has 1 N–H and O–H groups in total. The molecule has 3 aliphatic heterocycles. The fourth-order valence-electron chi connectivity index (χ4n) is 11.2. The van der Waals surface area contributed by atoms with Gasteiger partial charge in [-0.05, 0) is 77.9 Å². The van der Waals surface area contributed by atoms with Crippen molar-refractivity contribution in [2.24, 2.45) is 23.7 Å². The zero-order valence-corrected chi connectivity index (χ0v) is 32.1. The average Bonchev–Trinajstić information content (AvgIpc) is 3.63. The molecule has 5 aromatic carbocycles. The number of aromatic hydroxyl groups is 1. The number of imide groups is 2. The van der Waals surface area contributed by atoms with Crippen LogP contribution in [0.25, 0.3) is 10.8 Å². The largest absolute Gasteiger partial charge is 0.507 e. The lowest BCUT2D eigenvalue weighted by Gasteiger charge is -2.51. The Hall–Kier alpha value is -5.57. The lowest BCUT2D eigenvalue weighted by molar-refractivity contribution is -0.144. The van der Waals surface area contributed by atoms with Crippen LogP contribution < -0.4 is 4.90 Å². The fraction of sp³-hybridized carbons (Fsp3) is 0.292. The van der Waals surface area contributed by atoms with Crippen LogP contribution in [0.5, 0.6) is 5.75 Å². The minimum Gasteiger partial charge on any atom is -0.507 e. The van der Waals surface area contributed by atoms with Crippen LogP contribution in [0.4, 0.5) is 5.69 Å². The monoisotopic (exact) mass is 775 g/mol. The summed E-state index contributed by atoms with van der Waals surface area (Å²) in [7, 11) is 0. The SMILES string of the molecule is O=C1C2CC3C(=CCC4C(=O)N(C5CCN(Cc6ccccc6)CC5)C(=O)C43)C(c3ccc(O)c4ccccc34)C2(c2ccccc2)C(=O)N1c1cccc(Cl)c1. The average molecular weight is 776 g/mol. The number of phenolic OH excluding ortho intramolecular Hbond substituents is 1. The van der Waals surface area contributed by atoms with E-state index in [0.717, 1.165) is 36.2 Å². The first-order valence-corrected chi connectivity index (χ1v) is 20.4. The van der Waals surface area contributed by atoms with E-state index in [4.69, 9.17) is 11.6 Å². The van der Waals surface area contributed by atoms with Gasteiger partial charge in [-0.15, -0.1) is 0 Å². The first kappa shape index (κ1) is 35.8. The van der Waals surface area contributed by atoms with Crippen LogP contribution in [0.3, 0.4) is 0 Å². The van der Waals surface area contributed by atoms with Crippen LogP contribution in [0.2, 0.25) is 5.02 Å². The molecule has 5 aromatic rings. The van der Waals surface area contributed by atoms with Crippen molar-refractivity contribution < 1.29 is 24.3 Å². The topological polar surface area (TPSA) is 98.2 Å². The van der Waals surface area contributed by atoms with Crippen LogP contribution in [0.1, 0.15) is 48.3 Å². The number of hydrogen-bond acceptors (Lipinski definition) is 6. The van der Waals surface area contributed by atoms with Gasteiger partial charge < -0.3 is 5.11 Å². The van der Waals surface area contributed by atoms with E-state index in [1.807, 2.05) is 78.9 Å². The number of carbonyl (C=O) groups excluding carboxylic acids is 4. The summed E-state index contributed by atoms with van der Waals surface area (Å²) >= 11 is 6.48. The molecule has 0 radical (unpaired) electrons. The van der Waals surface area contributed by atoms with Gasteiger partial charge >= 0.3 is 0 Å². The van der Waals surface area contributed by atoms with Crippen LogP contribution in [-0.4, -0.2) is 57.7 Å². The van der Waals surface area contributed by atoms with Gasteiger partial charge in [-0.3, -0.25) is 29.0 Å². The van der Waals surface area contributed by atoms with E-state index in [0.29, 0.717) is 40.9 Å². The molecule has 6 atom stereocenters. The predicted octanol–water partition coefficient (Wildman–Crippen LogP) is 8.03. The lowest BCUT2D eigenvalue weighted by atomic mass is 9.49. The molecule has 6 unspecified atom stereocenters. The van der Waals surface area contributed by atoms with Gasteiger partial charge in [-0.1, -0.05) is 120 Å². The molecule has 0 aromatic heterocycles. The van der Waals surface area contributed by atoms with E-state index in [1.54, 1.807) is 35.2 Å². The highest BCUT2D eigenvalue weighted by Gasteiger charge is 2.70. The number of amides is 4. The predicted molar refractivity (Wildman–Crippen MR) is 218 cm³/mol. The number of nitrogens with zero attached hydrogens (tertiary/aromatic N) is 3. The van der Waals surface area contributed by atoms with Crippen molar-refractivity contribution in [2.75, 3.05) is 18.0 Å². The standard InChI is InChI=1S/C48H42ClN3O5/c49-31-14-9-15-33(26-31)52-45(55)40-27-39-37(18-19-38-42(39)46(56)51(44(38)54)32-22-24-50(25-23-32)28-29-10-3-1-4-11-29)43(48(40,47(52)57)30-12-5-2-6-13-30)36-20-21-41(53)35-17-8-7-16-34(35)36/h1-18,20-21,26,32,38-40,42-43,53H,19,22-25,27-28H2. The highest BCUT2D eigenvalue weighted by atomic mass is 35.5. The van der Waals surface area contributed by atoms with Crippen molar-refractivity contribution in [3.05, 3.63) is 155 Å². The molecule has 286 valence electrons. The Kier molecular flexibility index (Phi) is 8.68. The highest BCUT2D eigenvalue weighted by molar-refractivity contribution is 6.32. The summed E-state index contributed by atoms with van der Waals surface area (Å²) in [5.41, 5.74) is 2.64. The molecule has 4 amide bonds. The lowest BCUT2D eigenvalue weighted by Crippen LogP contribution is -2.53. The number of benzene rings is 5. The number of hydrogen-bond donors (Lipinski definition) is 1. The van der Waals surface area contributed by atoms with E-state index < -0.39 is 35.0 Å². The van der Waals surface area contributed by atoms with Crippen molar-refractivity contribution in [2.45, 2.75) is 49.6 Å². The molecule has 0 bridgehead atoms. The van der Waals surface area contributed by atoms with Gasteiger partial charge in [0.15, 0.2) is 0 Å². The first-order chi connectivity index (χ1) is 27.8. The second-order valence-corrected chi connectivity index (χ2v) is 16.8. The number of phenols is 1. The van der Waals surface area contributed by atoms with Crippen molar-refractivity contribution in [1.82, 2.24) is 9.80 Å². The van der Waals surface area contributed by atoms with Gasteiger partial charge in [-0.2, -0.15) is 0 Å². The number of fused-ring (bicyclic) bond motifs is 5. The summed E-state index contributed by atoms with van der Waals surface area (Å²) in [6.07, 6.45) is 4.12. The fourth-order valence-corrected chi connectivity index (χ4v) is 11.4. The van der Waals surface area contributed by atoms with E-state index in [1.165, 1.54) is 10.5 Å². The summed E-state index contributed by atoms with van der Waals surface area (Å²) in [6.45, 7) is 2.39. The van der Waals surface area contributed by atoms with E-state index >= 15 is 9.59 Å². The van der Waals surface area contributed by atoms with Gasteiger partial charge in [0.1, 0.15) is 5.75 Å². The Balaban J connectivity index is 1.09. The summed E-state index contributed by atoms with van der Waals surface area (Å²) in [5.74, 6) is -4.06. The third-order valence-electron chi connectivity index (χ3n) is 13.6. The van der Waals surface area contributed by atoms with Gasteiger partial charge in [0, 0.05) is 42.0 Å². The number of carbonyl (C=O) groups is 4. The number of likely N-dealkylation sites (tertiary alicyclic amines) is 2. The Morgan fingerprint density at radius 3 is 2.16 bits per heavy atom. The smallest absolute Gasteiger partial charge is 0.246 e. The van der Waals surface area contributed by atoms with Gasteiger partial charge in [0.25, 0.3) is 0 Å². The van der Waals surface area contributed by atoms with Crippen LogP contribution >= 0.6 is 11.6 Å². The molecule has 10 rings (SSSR count). The van der Waals surface area contributed by atoms with Gasteiger partial charge in [0.2, 0.25) is 23.6 Å².